The molecule has 0 aliphatic heterocycles. The first-order valence-corrected chi connectivity index (χ1v) is 5.48. The Hall–Kier alpha value is -1.28. The van der Waals surface area contributed by atoms with Crippen LogP contribution in [0.2, 0.25) is 0 Å². The summed E-state index contributed by atoms with van der Waals surface area (Å²) in [5, 5.41) is 3.85. The molecule has 15 heavy (non-hydrogen) atoms. The van der Waals surface area contributed by atoms with Gasteiger partial charge in [-0.05, 0) is 12.0 Å². The molecule has 0 amide bonds. The summed E-state index contributed by atoms with van der Waals surface area (Å²) in [6.07, 6.45) is 1.05. The van der Waals surface area contributed by atoms with E-state index in [-0.39, 0.29) is 0 Å². The molecule has 0 unspecified atom stereocenters. The van der Waals surface area contributed by atoms with Crippen LogP contribution in [0.5, 0.6) is 0 Å². The minimum atomic E-state index is 0.385. The third-order valence-electron chi connectivity index (χ3n) is 2.34. The number of hydrogen-bond donors (Lipinski definition) is 0. The third kappa shape index (κ3) is 2.21. The average molecular weight is 222 g/mol. The van der Waals surface area contributed by atoms with E-state index in [1.165, 1.54) is 5.56 Å². The van der Waals surface area contributed by atoms with Crippen LogP contribution in [0.15, 0.2) is 34.9 Å². The van der Waals surface area contributed by atoms with Crippen molar-refractivity contribution in [2.75, 3.05) is 0 Å². The first-order chi connectivity index (χ1) is 7.33. The Morgan fingerprint density at radius 3 is 2.53 bits per heavy atom. The molecule has 1 heterocycles. The van der Waals surface area contributed by atoms with Crippen LogP contribution in [0.25, 0.3) is 11.3 Å². The van der Waals surface area contributed by atoms with Crippen LogP contribution in [0.1, 0.15) is 18.2 Å². The van der Waals surface area contributed by atoms with Crippen molar-refractivity contribution in [1.29, 1.82) is 0 Å². The van der Waals surface area contributed by atoms with Gasteiger partial charge in [0.1, 0.15) is 0 Å². The van der Waals surface area contributed by atoms with Gasteiger partial charge in [-0.15, -0.1) is 11.6 Å². The van der Waals surface area contributed by atoms with Gasteiger partial charge in [0.2, 0.25) is 0 Å². The summed E-state index contributed by atoms with van der Waals surface area (Å²) < 4.78 is 5.18. The fourth-order valence-electron chi connectivity index (χ4n) is 1.42. The van der Waals surface area contributed by atoms with Crippen molar-refractivity contribution in [2.45, 2.75) is 19.2 Å². The highest BCUT2D eigenvalue weighted by Crippen LogP contribution is 2.21. The van der Waals surface area contributed by atoms with Gasteiger partial charge in [0, 0.05) is 11.6 Å². The summed E-state index contributed by atoms with van der Waals surface area (Å²) in [6.45, 7) is 2.13. The van der Waals surface area contributed by atoms with Crippen molar-refractivity contribution in [3.63, 3.8) is 0 Å². The average Bonchev–Trinajstić information content (AvgIpc) is 2.78. The lowest BCUT2D eigenvalue weighted by Crippen LogP contribution is -1.79. The summed E-state index contributed by atoms with van der Waals surface area (Å²) in [5.74, 6) is 1.16. The van der Waals surface area contributed by atoms with Gasteiger partial charge in [-0.2, -0.15) is 0 Å². The SMILES string of the molecule is CCc1ccc(-c2cc(CCl)no2)cc1. The van der Waals surface area contributed by atoms with E-state index in [1.807, 2.05) is 18.2 Å². The van der Waals surface area contributed by atoms with Gasteiger partial charge in [0.05, 0.1) is 11.6 Å². The van der Waals surface area contributed by atoms with Gasteiger partial charge in [0.25, 0.3) is 0 Å². The van der Waals surface area contributed by atoms with Crippen molar-refractivity contribution in [1.82, 2.24) is 5.16 Å². The molecular weight excluding hydrogens is 210 g/mol. The number of alkyl halides is 1. The van der Waals surface area contributed by atoms with Crippen LogP contribution in [0.3, 0.4) is 0 Å². The van der Waals surface area contributed by atoms with Crippen molar-refractivity contribution >= 4 is 11.6 Å². The largest absolute Gasteiger partial charge is 0.356 e. The quantitative estimate of drug-likeness (QED) is 0.740. The Bertz CT molecular complexity index is 433. The number of aryl methyl sites for hydroxylation is 1. The summed E-state index contributed by atoms with van der Waals surface area (Å²) in [5.41, 5.74) is 3.12. The van der Waals surface area contributed by atoms with E-state index in [0.29, 0.717) is 5.88 Å². The number of hydrogen-bond acceptors (Lipinski definition) is 2. The Labute approximate surface area is 93.9 Å². The predicted molar refractivity (Wildman–Crippen MR) is 60.9 cm³/mol. The molecule has 2 rings (SSSR count). The summed E-state index contributed by atoms with van der Waals surface area (Å²) in [7, 11) is 0. The van der Waals surface area contributed by atoms with E-state index >= 15 is 0 Å². The zero-order chi connectivity index (χ0) is 10.7. The summed E-state index contributed by atoms with van der Waals surface area (Å²) in [6, 6.07) is 10.1. The highest BCUT2D eigenvalue weighted by atomic mass is 35.5. The van der Waals surface area contributed by atoms with Crippen molar-refractivity contribution in [3.8, 4) is 11.3 Å². The van der Waals surface area contributed by atoms with Crippen molar-refractivity contribution in [3.05, 3.63) is 41.6 Å². The molecule has 0 N–H and O–H groups in total. The summed E-state index contributed by atoms with van der Waals surface area (Å²) in [4.78, 5) is 0. The van der Waals surface area contributed by atoms with Crippen LogP contribution < -0.4 is 0 Å². The molecule has 0 saturated heterocycles. The van der Waals surface area contributed by atoms with Gasteiger partial charge in [0.15, 0.2) is 5.76 Å². The Morgan fingerprint density at radius 1 is 1.27 bits per heavy atom. The Morgan fingerprint density at radius 2 is 2.00 bits per heavy atom. The smallest absolute Gasteiger partial charge is 0.167 e. The van der Waals surface area contributed by atoms with E-state index in [4.69, 9.17) is 16.1 Å². The fourth-order valence-corrected chi connectivity index (χ4v) is 1.54. The molecule has 0 atom stereocenters. The molecule has 78 valence electrons. The molecule has 0 saturated carbocycles. The molecule has 3 heteroatoms. The lowest BCUT2D eigenvalue weighted by atomic mass is 10.1. The molecule has 0 bridgehead atoms. The zero-order valence-electron chi connectivity index (χ0n) is 8.53. The molecular formula is C12H12ClNO. The second kappa shape index (κ2) is 4.49. The van der Waals surface area contributed by atoms with Gasteiger partial charge in [-0.25, -0.2) is 0 Å². The van der Waals surface area contributed by atoms with Crippen LogP contribution >= 0.6 is 11.6 Å². The van der Waals surface area contributed by atoms with Crippen molar-refractivity contribution in [2.24, 2.45) is 0 Å². The Balaban J connectivity index is 2.28. The molecule has 0 aliphatic carbocycles. The number of halogens is 1. The molecule has 1 aromatic carbocycles. The van der Waals surface area contributed by atoms with Crippen LogP contribution in [-0.4, -0.2) is 5.16 Å². The minimum Gasteiger partial charge on any atom is -0.356 e. The van der Waals surface area contributed by atoms with Gasteiger partial charge < -0.3 is 4.52 Å². The third-order valence-corrected chi connectivity index (χ3v) is 2.62. The number of aromatic nitrogens is 1. The zero-order valence-corrected chi connectivity index (χ0v) is 9.29. The highest BCUT2D eigenvalue weighted by molar-refractivity contribution is 6.16. The second-order valence-corrected chi connectivity index (χ2v) is 3.63. The van der Waals surface area contributed by atoms with Crippen LogP contribution in [0, 0.1) is 0 Å². The second-order valence-electron chi connectivity index (χ2n) is 3.37. The molecule has 0 aliphatic rings. The Kier molecular flexibility index (Phi) is 3.07. The fraction of sp³-hybridized carbons (Fsp3) is 0.250. The van der Waals surface area contributed by atoms with E-state index in [1.54, 1.807) is 0 Å². The standard InChI is InChI=1S/C12H12ClNO/c1-2-9-3-5-10(6-4-9)12-7-11(8-13)14-15-12/h3-7H,2,8H2,1H3. The van der Waals surface area contributed by atoms with E-state index < -0.39 is 0 Å². The maximum atomic E-state index is 5.65. The number of benzene rings is 1. The maximum absolute atomic E-state index is 5.65. The normalized spacial score (nSPS) is 10.5. The topological polar surface area (TPSA) is 26.0 Å². The highest BCUT2D eigenvalue weighted by Gasteiger charge is 2.05. The van der Waals surface area contributed by atoms with Gasteiger partial charge >= 0.3 is 0 Å². The summed E-state index contributed by atoms with van der Waals surface area (Å²) >= 11 is 5.65. The molecule has 1 aromatic heterocycles. The molecule has 2 nitrogen and oxygen atoms in total. The molecule has 0 radical (unpaired) electrons. The molecule has 2 aromatic rings. The van der Waals surface area contributed by atoms with E-state index in [2.05, 4.69) is 24.2 Å². The number of rotatable bonds is 3. The lowest BCUT2D eigenvalue weighted by Gasteiger charge is -1.97. The van der Waals surface area contributed by atoms with Gasteiger partial charge in [-0.3, -0.25) is 0 Å². The van der Waals surface area contributed by atoms with E-state index in [0.717, 1.165) is 23.4 Å². The first-order valence-electron chi connectivity index (χ1n) is 4.94. The molecule has 0 fully saturated rings. The predicted octanol–water partition coefficient (Wildman–Crippen LogP) is 3.64. The molecule has 0 spiro atoms. The number of nitrogens with zero attached hydrogens (tertiary/aromatic N) is 1. The van der Waals surface area contributed by atoms with Crippen LogP contribution in [-0.2, 0) is 12.3 Å². The minimum absolute atomic E-state index is 0.385. The van der Waals surface area contributed by atoms with E-state index in [9.17, 15) is 0 Å². The first kappa shape index (κ1) is 10.2. The maximum Gasteiger partial charge on any atom is 0.167 e. The van der Waals surface area contributed by atoms with Crippen LogP contribution in [0.4, 0.5) is 0 Å². The van der Waals surface area contributed by atoms with Gasteiger partial charge in [-0.1, -0.05) is 36.3 Å². The monoisotopic (exact) mass is 221 g/mol. The lowest BCUT2D eigenvalue weighted by molar-refractivity contribution is 0.426. The van der Waals surface area contributed by atoms with Crippen molar-refractivity contribution < 1.29 is 4.52 Å².